The number of ether oxygens (including phenoxy) is 1. The summed E-state index contributed by atoms with van der Waals surface area (Å²) in [4.78, 5) is 45.0. The van der Waals surface area contributed by atoms with E-state index in [1.54, 1.807) is 6.92 Å². The molecule has 1 atom stereocenters. The third-order valence-corrected chi connectivity index (χ3v) is 6.70. The van der Waals surface area contributed by atoms with Crippen LogP contribution in [0, 0.1) is 19.8 Å². The molecular formula is C24H37N3O4. The lowest BCUT2D eigenvalue weighted by Crippen LogP contribution is -2.47. The van der Waals surface area contributed by atoms with Gasteiger partial charge in [0.1, 0.15) is 5.69 Å². The normalized spacial score (nSPS) is 19.8. The predicted octanol–water partition coefficient (Wildman–Crippen LogP) is 3.38. The number of carbonyl (C=O) groups is 3. The highest BCUT2D eigenvalue weighted by atomic mass is 16.5. The van der Waals surface area contributed by atoms with Crippen LogP contribution in [0.4, 0.5) is 0 Å². The third kappa shape index (κ3) is 5.69. The highest BCUT2D eigenvalue weighted by Crippen LogP contribution is 2.24. The number of piperidine rings is 1. The molecule has 2 aliphatic rings. The average Bonchev–Trinajstić information content (AvgIpc) is 2.94. The summed E-state index contributed by atoms with van der Waals surface area (Å²) in [6.45, 7) is 8.91. The van der Waals surface area contributed by atoms with Crippen molar-refractivity contribution in [1.29, 1.82) is 0 Å². The summed E-state index contributed by atoms with van der Waals surface area (Å²) < 4.78 is 5.11. The summed E-state index contributed by atoms with van der Waals surface area (Å²) in [5, 5.41) is 0. The lowest BCUT2D eigenvalue weighted by molar-refractivity contribution is -0.140. The topological polar surface area (TPSA) is 82.7 Å². The van der Waals surface area contributed by atoms with Gasteiger partial charge in [0.2, 0.25) is 11.8 Å². The number of hydrogen-bond acceptors (Lipinski definition) is 4. The van der Waals surface area contributed by atoms with Gasteiger partial charge in [-0.25, -0.2) is 4.79 Å². The van der Waals surface area contributed by atoms with E-state index >= 15 is 0 Å². The minimum absolute atomic E-state index is 0.0676. The fourth-order valence-electron chi connectivity index (χ4n) is 4.92. The van der Waals surface area contributed by atoms with Crippen molar-refractivity contribution in [3.63, 3.8) is 0 Å². The first-order valence-electron chi connectivity index (χ1n) is 11.8. The van der Waals surface area contributed by atoms with Crippen LogP contribution in [0.25, 0.3) is 0 Å². The standard InChI is InChI=1S/C24H37N3O4/c1-4-31-24(30)22-17(2)20(18(3)25-22)11-12-21(28)27-15-9-10-19(16-27)23(29)26-13-7-5-6-8-14-26/h19,25H,4-16H2,1-3H3. The number of likely N-dealkylation sites (tertiary alicyclic amines) is 2. The number of rotatable bonds is 6. The summed E-state index contributed by atoms with van der Waals surface area (Å²) in [5.41, 5.74) is 3.24. The monoisotopic (exact) mass is 431 g/mol. The Morgan fingerprint density at radius 2 is 1.68 bits per heavy atom. The first-order chi connectivity index (χ1) is 14.9. The van der Waals surface area contributed by atoms with Gasteiger partial charge in [0.05, 0.1) is 12.5 Å². The molecule has 0 saturated carbocycles. The van der Waals surface area contributed by atoms with Crippen molar-refractivity contribution in [1.82, 2.24) is 14.8 Å². The zero-order chi connectivity index (χ0) is 22.4. The SMILES string of the molecule is CCOC(=O)c1[nH]c(C)c(CCC(=O)N2CCCC(C(=O)N3CCCCCC3)C2)c1C. The molecule has 0 aromatic carbocycles. The molecule has 7 heteroatoms. The first-order valence-corrected chi connectivity index (χ1v) is 11.8. The molecule has 1 N–H and O–H groups in total. The number of nitrogens with zero attached hydrogens (tertiary/aromatic N) is 2. The molecular weight excluding hydrogens is 394 g/mol. The van der Waals surface area contributed by atoms with Crippen LogP contribution in [0.2, 0.25) is 0 Å². The van der Waals surface area contributed by atoms with Gasteiger partial charge in [-0.1, -0.05) is 12.8 Å². The lowest BCUT2D eigenvalue weighted by Gasteiger charge is -2.35. The smallest absolute Gasteiger partial charge is 0.355 e. The summed E-state index contributed by atoms with van der Waals surface area (Å²) in [6, 6.07) is 0. The summed E-state index contributed by atoms with van der Waals surface area (Å²) in [5.74, 6) is -0.102. The highest BCUT2D eigenvalue weighted by Gasteiger charge is 2.31. The number of H-pyrrole nitrogens is 1. The summed E-state index contributed by atoms with van der Waals surface area (Å²) >= 11 is 0. The van der Waals surface area contributed by atoms with Gasteiger partial charge in [0.25, 0.3) is 0 Å². The van der Waals surface area contributed by atoms with Gasteiger partial charge in [-0.3, -0.25) is 9.59 Å². The van der Waals surface area contributed by atoms with E-state index in [2.05, 4.69) is 4.98 Å². The Balaban J connectivity index is 1.57. The molecule has 172 valence electrons. The quantitative estimate of drug-likeness (QED) is 0.700. The van der Waals surface area contributed by atoms with Crippen LogP contribution in [0.1, 0.15) is 79.2 Å². The van der Waals surface area contributed by atoms with Crippen LogP contribution in [0.15, 0.2) is 0 Å². The van der Waals surface area contributed by atoms with E-state index in [0.29, 0.717) is 31.7 Å². The zero-order valence-electron chi connectivity index (χ0n) is 19.3. The second kappa shape index (κ2) is 10.8. The van der Waals surface area contributed by atoms with Crippen molar-refractivity contribution >= 4 is 17.8 Å². The summed E-state index contributed by atoms with van der Waals surface area (Å²) in [6.07, 6.45) is 7.29. The van der Waals surface area contributed by atoms with Crippen molar-refractivity contribution in [2.24, 2.45) is 5.92 Å². The lowest BCUT2D eigenvalue weighted by atomic mass is 9.95. The number of esters is 1. The van der Waals surface area contributed by atoms with Gasteiger partial charge in [0, 0.05) is 38.3 Å². The van der Waals surface area contributed by atoms with Crippen LogP contribution in [0.3, 0.4) is 0 Å². The molecule has 2 fully saturated rings. The fourth-order valence-corrected chi connectivity index (χ4v) is 4.92. The largest absolute Gasteiger partial charge is 0.461 e. The molecule has 7 nitrogen and oxygen atoms in total. The maximum atomic E-state index is 13.0. The van der Waals surface area contributed by atoms with Crippen molar-refractivity contribution < 1.29 is 19.1 Å². The van der Waals surface area contributed by atoms with E-state index < -0.39 is 0 Å². The summed E-state index contributed by atoms with van der Waals surface area (Å²) in [7, 11) is 0. The van der Waals surface area contributed by atoms with Gasteiger partial charge in [-0.15, -0.1) is 0 Å². The van der Waals surface area contributed by atoms with Crippen LogP contribution < -0.4 is 0 Å². The molecule has 3 rings (SSSR count). The van der Waals surface area contributed by atoms with Crippen molar-refractivity contribution in [2.75, 3.05) is 32.8 Å². The Morgan fingerprint density at radius 1 is 1.00 bits per heavy atom. The maximum absolute atomic E-state index is 13.0. The molecule has 2 saturated heterocycles. The first kappa shape index (κ1) is 23.4. The molecule has 1 unspecified atom stereocenters. The van der Waals surface area contributed by atoms with Gasteiger partial charge in [-0.2, -0.15) is 0 Å². The highest BCUT2D eigenvalue weighted by molar-refractivity contribution is 5.90. The molecule has 0 radical (unpaired) electrons. The molecule has 2 amide bonds. The van der Waals surface area contributed by atoms with E-state index in [-0.39, 0.29) is 23.7 Å². The zero-order valence-corrected chi connectivity index (χ0v) is 19.3. The second-order valence-electron chi connectivity index (χ2n) is 8.87. The molecule has 1 aromatic rings. The van der Waals surface area contributed by atoms with Crippen LogP contribution >= 0.6 is 0 Å². The number of aryl methyl sites for hydroxylation is 1. The Morgan fingerprint density at radius 3 is 2.35 bits per heavy atom. The Labute approximate surface area is 185 Å². The number of carbonyl (C=O) groups excluding carboxylic acids is 3. The molecule has 31 heavy (non-hydrogen) atoms. The molecule has 0 aliphatic carbocycles. The van der Waals surface area contributed by atoms with Gasteiger partial charge < -0.3 is 19.5 Å². The van der Waals surface area contributed by atoms with E-state index in [4.69, 9.17) is 4.74 Å². The molecule has 0 spiro atoms. The van der Waals surface area contributed by atoms with Crippen molar-refractivity contribution in [3.8, 4) is 0 Å². The Bertz CT molecular complexity index is 793. The Kier molecular flexibility index (Phi) is 8.15. The van der Waals surface area contributed by atoms with Crippen LogP contribution in [-0.4, -0.2) is 65.4 Å². The maximum Gasteiger partial charge on any atom is 0.355 e. The molecule has 0 bridgehead atoms. The number of aromatic nitrogens is 1. The van der Waals surface area contributed by atoms with Crippen LogP contribution in [0.5, 0.6) is 0 Å². The molecule has 1 aromatic heterocycles. The van der Waals surface area contributed by atoms with E-state index in [1.807, 2.05) is 23.6 Å². The minimum Gasteiger partial charge on any atom is -0.461 e. The number of hydrogen-bond donors (Lipinski definition) is 1. The minimum atomic E-state index is -0.355. The van der Waals surface area contributed by atoms with Crippen molar-refractivity contribution in [2.45, 2.75) is 72.1 Å². The second-order valence-corrected chi connectivity index (χ2v) is 8.87. The van der Waals surface area contributed by atoms with Gasteiger partial charge >= 0.3 is 5.97 Å². The van der Waals surface area contributed by atoms with Crippen LogP contribution in [-0.2, 0) is 20.7 Å². The van der Waals surface area contributed by atoms with Crippen molar-refractivity contribution in [3.05, 3.63) is 22.5 Å². The number of aromatic amines is 1. The molecule has 3 heterocycles. The van der Waals surface area contributed by atoms with E-state index in [0.717, 1.165) is 62.1 Å². The van der Waals surface area contributed by atoms with Gasteiger partial charge in [0.15, 0.2) is 0 Å². The fraction of sp³-hybridized carbons (Fsp3) is 0.708. The number of amides is 2. The van der Waals surface area contributed by atoms with E-state index in [9.17, 15) is 14.4 Å². The Hall–Kier alpha value is -2.31. The number of nitrogens with one attached hydrogen (secondary N) is 1. The van der Waals surface area contributed by atoms with E-state index in [1.165, 1.54) is 12.8 Å². The predicted molar refractivity (Wildman–Crippen MR) is 119 cm³/mol. The van der Waals surface area contributed by atoms with Gasteiger partial charge in [-0.05, 0) is 64.0 Å². The molecule has 2 aliphatic heterocycles. The third-order valence-electron chi connectivity index (χ3n) is 6.70. The average molecular weight is 432 g/mol.